The molecule has 0 fully saturated rings. The highest BCUT2D eigenvalue weighted by Gasteiger charge is 2.23. The molecule has 2 aromatic heterocycles. The van der Waals surface area contributed by atoms with Crippen LogP contribution >= 0.6 is 0 Å². The minimum absolute atomic E-state index is 0.0793. The van der Waals surface area contributed by atoms with Crippen molar-refractivity contribution in [2.45, 2.75) is 19.4 Å². The number of ether oxygens (including phenoxy) is 4. The summed E-state index contributed by atoms with van der Waals surface area (Å²) in [4.78, 5) is 8.69. The molecular formula is C16H16N2O4. The Kier molecular flexibility index (Phi) is 3.21. The first-order valence-electron chi connectivity index (χ1n) is 7.29. The number of aryl methyl sites for hydroxylation is 1. The zero-order valence-electron chi connectivity index (χ0n) is 12.2. The van der Waals surface area contributed by atoms with E-state index in [0.29, 0.717) is 43.6 Å². The SMILES string of the molecule is Cc1cc2c(cn1)OCC(Cc1ccc3c(n1)OCCO3)O2. The number of aromatic nitrogens is 2. The fraction of sp³-hybridized carbons (Fsp3) is 0.375. The second-order valence-corrected chi connectivity index (χ2v) is 5.33. The lowest BCUT2D eigenvalue weighted by atomic mass is 10.1. The van der Waals surface area contributed by atoms with Gasteiger partial charge >= 0.3 is 0 Å². The molecule has 0 aliphatic carbocycles. The van der Waals surface area contributed by atoms with Crippen LogP contribution in [0.4, 0.5) is 0 Å². The Morgan fingerprint density at radius 3 is 2.95 bits per heavy atom. The molecule has 0 N–H and O–H groups in total. The molecule has 4 rings (SSSR count). The summed E-state index contributed by atoms with van der Waals surface area (Å²) in [6.45, 7) is 3.51. The van der Waals surface area contributed by atoms with Gasteiger partial charge in [-0.05, 0) is 19.1 Å². The van der Waals surface area contributed by atoms with Crippen molar-refractivity contribution >= 4 is 0 Å². The lowest BCUT2D eigenvalue weighted by Gasteiger charge is -2.26. The van der Waals surface area contributed by atoms with Crippen molar-refractivity contribution in [1.29, 1.82) is 0 Å². The zero-order valence-corrected chi connectivity index (χ0v) is 12.2. The minimum Gasteiger partial charge on any atom is -0.484 e. The predicted molar refractivity (Wildman–Crippen MR) is 77.8 cm³/mol. The van der Waals surface area contributed by atoms with Crippen LogP contribution in [0.3, 0.4) is 0 Å². The first-order chi connectivity index (χ1) is 10.8. The zero-order chi connectivity index (χ0) is 14.9. The Morgan fingerprint density at radius 1 is 1.09 bits per heavy atom. The summed E-state index contributed by atoms with van der Waals surface area (Å²) in [7, 11) is 0. The van der Waals surface area contributed by atoms with E-state index in [0.717, 1.165) is 17.1 Å². The molecule has 0 aromatic carbocycles. The smallest absolute Gasteiger partial charge is 0.257 e. The molecule has 114 valence electrons. The van der Waals surface area contributed by atoms with Crippen molar-refractivity contribution in [2.24, 2.45) is 0 Å². The van der Waals surface area contributed by atoms with Crippen molar-refractivity contribution in [1.82, 2.24) is 9.97 Å². The van der Waals surface area contributed by atoms with Crippen LogP contribution in [0, 0.1) is 6.92 Å². The van der Waals surface area contributed by atoms with E-state index in [-0.39, 0.29) is 6.10 Å². The highest BCUT2D eigenvalue weighted by atomic mass is 16.6. The first-order valence-corrected chi connectivity index (χ1v) is 7.29. The second-order valence-electron chi connectivity index (χ2n) is 5.33. The van der Waals surface area contributed by atoms with Crippen LogP contribution in [0.2, 0.25) is 0 Å². The maximum atomic E-state index is 5.98. The summed E-state index contributed by atoms with van der Waals surface area (Å²) in [6, 6.07) is 5.71. The van der Waals surface area contributed by atoms with E-state index in [1.54, 1.807) is 6.20 Å². The highest BCUT2D eigenvalue weighted by molar-refractivity contribution is 5.40. The van der Waals surface area contributed by atoms with Crippen LogP contribution in [0.15, 0.2) is 24.4 Å². The molecule has 2 aliphatic heterocycles. The molecule has 2 aromatic rings. The lowest BCUT2D eigenvalue weighted by molar-refractivity contribution is 0.0895. The normalized spacial score (nSPS) is 18.9. The molecule has 0 saturated heterocycles. The lowest BCUT2D eigenvalue weighted by Crippen LogP contribution is -2.31. The molecule has 0 radical (unpaired) electrons. The van der Waals surface area contributed by atoms with Crippen LogP contribution in [-0.4, -0.2) is 35.9 Å². The summed E-state index contributed by atoms with van der Waals surface area (Å²) in [6.07, 6.45) is 2.27. The van der Waals surface area contributed by atoms with Crippen molar-refractivity contribution < 1.29 is 18.9 Å². The van der Waals surface area contributed by atoms with E-state index < -0.39 is 0 Å². The maximum Gasteiger partial charge on any atom is 0.257 e. The quantitative estimate of drug-likeness (QED) is 0.844. The molecule has 6 nitrogen and oxygen atoms in total. The van der Waals surface area contributed by atoms with Crippen molar-refractivity contribution in [3.8, 4) is 23.1 Å². The second kappa shape index (κ2) is 5.36. The average molecular weight is 300 g/mol. The molecule has 6 heteroatoms. The molecule has 22 heavy (non-hydrogen) atoms. The van der Waals surface area contributed by atoms with Crippen LogP contribution in [0.5, 0.6) is 23.1 Å². The van der Waals surface area contributed by atoms with E-state index in [4.69, 9.17) is 18.9 Å². The van der Waals surface area contributed by atoms with Gasteiger partial charge in [0.05, 0.1) is 6.20 Å². The van der Waals surface area contributed by atoms with Gasteiger partial charge in [0.25, 0.3) is 5.88 Å². The number of fused-ring (bicyclic) bond motifs is 2. The number of hydrogen-bond acceptors (Lipinski definition) is 6. The Bertz CT molecular complexity index is 705. The van der Waals surface area contributed by atoms with E-state index in [1.807, 2.05) is 25.1 Å². The highest BCUT2D eigenvalue weighted by Crippen LogP contribution is 2.32. The van der Waals surface area contributed by atoms with E-state index in [2.05, 4.69) is 9.97 Å². The predicted octanol–water partition coefficient (Wildman–Crippen LogP) is 1.94. The van der Waals surface area contributed by atoms with Gasteiger partial charge in [-0.3, -0.25) is 4.98 Å². The Hall–Kier alpha value is -2.50. The Balaban J connectivity index is 1.50. The molecule has 1 unspecified atom stereocenters. The van der Waals surface area contributed by atoms with Gasteiger partial charge in [-0.15, -0.1) is 0 Å². The molecular weight excluding hydrogens is 284 g/mol. The van der Waals surface area contributed by atoms with E-state index in [1.165, 1.54) is 0 Å². The molecule has 4 heterocycles. The Morgan fingerprint density at radius 2 is 2.00 bits per heavy atom. The summed E-state index contributed by atoms with van der Waals surface area (Å²) in [5, 5.41) is 0. The van der Waals surface area contributed by atoms with Gasteiger partial charge in [0.15, 0.2) is 17.2 Å². The fourth-order valence-corrected chi connectivity index (χ4v) is 2.54. The van der Waals surface area contributed by atoms with Crippen LogP contribution in [-0.2, 0) is 6.42 Å². The summed E-state index contributed by atoms with van der Waals surface area (Å²) >= 11 is 0. The van der Waals surface area contributed by atoms with Gasteiger partial charge in [-0.25, -0.2) is 4.98 Å². The molecule has 1 atom stereocenters. The maximum absolute atomic E-state index is 5.98. The molecule has 2 aliphatic rings. The molecule has 0 saturated carbocycles. The molecule has 0 amide bonds. The summed E-state index contributed by atoms with van der Waals surface area (Å²) in [5.41, 5.74) is 1.80. The molecule has 0 spiro atoms. The monoisotopic (exact) mass is 300 g/mol. The van der Waals surface area contributed by atoms with E-state index in [9.17, 15) is 0 Å². The number of pyridine rings is 2. The topological polar surface area (TPSA) is 62.7 Å². The number of hydrogen-bond donors (Lipinski definition) is 0. The van der Waals surface area contributed by atoms with Crippen molar-refractivity contribution in [3.63, 3.8) is 0 Å². The number of nitrogens with zero attached hydrogens (tertiary/aromatic N) is 2. The third-order valence-corrected chi connectivity index (χ3v) is 3.59. The minimum atomic E-state index is -0.0793. The van der Waals surface area contributed by atoms with Crippen molar-refractivity contribution in [2.75, 3.05) is 19.8 Å². The summed E-state index contributed by atoms with van der Waals surface area (Å²) < 4.78 is 22.7. The third-order valence-electron chi connectivity index (χ3n) is 3.59. The van der Waals surface area contributed by atoms with Crippen molar-refractivity contribution in [3.05, 3.63) is 35.8 Å². The van der Waals surface area contributed by atoms with Gasteiger partial charge in [0, 0.05) is 23.9 Å². The average Bonchev–Trinajstić information content (AvgIpc) is 2.54. The van der Waals surface area contributed by atoms with Crippen LogP contribution in [0.1, 0.15) is 11.4 Å². The fourth-order valence-electron chi connectivity index (χ4n) is 2.54. The third kappa shape index (κ3) is 2.52. The standard InChI is InChI=1S/C16H16N2O4/c1-10-6-14-15(8-17-10)21-9-12(22-14)7-11-2-3-13-16(18-11)20-5-4-19-13/h2-3,6,8,12H,4-5,7,9H2,1H3. The van der Waals surface area contributed by atoms with Gasteiger partial charge in [-0.2, -0.15) is 0 Å². The first kappa shape index (κ1) is 13.2. The Labute approximate surface area is 128 Å². The van der Waals surface area contributed by atoms with Gasteiger partial charge in [0.1, 0.15) is 25.9 Å². The van der Waals surface area contributed by atoms with Gasteiger partial charge in [0.2, 0.25) is 0 Å². The summed E-state index contributed by atoms with van der Waals surface area (Å²) in [5.74, 6) is 2.68. The van der Waals surface area contributed by atoms with E-state index >= 15 is 0 Å². The molecule has 0 bridgehead atoms. The van der Waals surface area contributed by atoms with Gasteiger partial charge < -0.3 is 18.9 Å². The largest absolute Gasteiger partial charge is 0.484 e. The van der Waals surface area contributed by atoms with Gasteiger partial charge in [-0.1, -0.05) is 0 Å². The van der Waals surface area contributed by atoms with Crippen LogP contribution in [0.25, 0.3) is 0 Å². The number of rotatable bonds is 2. The van der Waals surface area contributed by atoms with Crippen LogP contribution < -0.4 is 18.9 Å².